The summed E-state index contributed by atoms with van der Waals surface area (Å²) in [6.07, 6.45) is 0. The molecule has 0 saturated heterocycles. The summed E-state index contributed by atoms with van der Waals surface area (Å²) in [5, 5.41) is 0. The number of halogens is 1. The van der Waals surface area contributed by atoms with Crippen LogP contribution in [0, 0.1) is 3.57 Å². The third-order valence-corrected chi connectivity index (χ3v) is 3.50. The van der Waals surface area contributed by atoms with Gasteiger partial charge in [-0.2, -0.15) is 0 Å². The van der Waals surface area contributed by atoms with Gasteiger partial charge in [0.2, 0.25) is 0 Å². The Labute approximate surface area is 125 Å². The SMILES string of the molecule is COc1ccc(C(=O)OCc2ccccc2)c(I)c1. The van der Waals surface area contributed by atoms with Crippen LogP contribution in [0.15, 0.2) is 48.5 Å². The van der Waals surface area contributed by atoms with Crippen LogP contribution in [0.25, 0.3) is 0 Å². The molecule has 2 rings (SSSR count). The number of ether oxygens (including phenoxy) is 2. The molecule has 0 aliphatic carbocycles. The molecule has 0 aliphatic rings. The van der Waals surface area contributed by atoms with Gasteiger partial charge in [-0.3, -0.25) is 0 Å². The third-order valence-electron chi connectivity index (χ3n) is 2.61. The van der Waals surface area contributed by atoms with Gasteiger partial charge in [-0.05, 0) is 46.4 Å². The molecular weight excluding hydrogens is 355 g/mol. The number of rotatable bonds is 4. The van der Waals surface area contributed by atoms with Crippen molar-refractivity contribution in [1.29, 1.82) is 0 Å². The second kappa shape index (κ2) is 6.56. The van der Waals surface area contributed by atoms with Gasteiger partial charge in [0, 0.05) is 3.57 Å². The fourth-order valence-corrected chi connectivity index (χ4v) is 2.30. The van der Waals surface area contributed by atoms with Gasteiger partial charge < -0.3 is 9.47 Å². The number of carbonyl (C=O) groups excluding carboxylic acids is 1. The van der Waals surface area contributed by atoms with Crippen LogP contribution in [0.3, 0.4) is 0 Å². The first-order valence-corrected chi connectivity index (χ1v) is 6.83. The van der Waals surface area contributed by atoms with Crippen LogP contribution in [0.2, 0.25) is 0 Å². The first-order chi connectivity index (χ1) is 9.20. The molecule has 98 valence electrons. The van der Waals surface area contributed by atoms with Crippen molar-refractivity contribution in [3.05, 3.63) is 63.2 Å². The lowest BCUT2D eigenvalue weighted by atomic mass is 10.2. The predicted octanol–water partition coefficient (Wildman–Crippen LogP) is 3.66. The predicted molar refractivity (Wildman–Crippen MR) is 81.3 cm³/mol. The lowest BCUT2D eigenvalue weighted by molar-refractivity contribution is 0.0471. The average molecular weight is 368 g/mol. The van der Waals surface area contributed by atoms with Crippen LogP contribution in [0.4, 0.5) is 0 Å². The minimum Gasteiger partial charge on any atom is -0.497 e. The van der Waals surface area contributed by atoms with Crippen LogP contribution in [0.1, 0.15) is 15.9 Å². The molecule has 0 saturated carbocycles. The lowest BCUT2D eigenvalue weighted by Crippen LogP contribution is -2.07. The van der Waals surface area contributed by atoms with E-state index >= 15 is 0 Å². The summed E-state index contributed by atoms with van der Waals surface area (Å²) in [4.78, 5) is 12.0. The molecule has 0 N–H and O–H groups in total. The summed E-state index contributed by atoms with van der Waals surface area (Å²) in [7, 11) is 1.60. The number of esters is 1. The molecule has 0 amide bonds. The number of benzene rings is 2. The maximum Gasteiger partial charge on any atom is 0.339 e. The van der Waals surface area contributed by atoms with Crippen molar-refractivity contribution >= 4 is 28.6 Å². The molecule has 3 nitrogen and oxygen atoms in total. The Morgan fingerprint density at radius 3 is 2.53 bits per heavy atom. The Morgan fingerprint density at radius 1 is 1.16 bits per heavy atom. The van der Waals surface area contributed by atoms with Gasteiger partial charge in [0.1, 0.15) is 12.4 Å². The maximum atomic E-state index is 12.0. The zero-order chi connectivity index (χ0) is 13.7. The van der Waals surface area contributed by atoms with Crippen molar-refractivity contribution in [3.8, 4) is 5.75 Å². The highest BCUT2D eigenvalue weighted by Crippen LogP contribution is 2.20. The number of hydrogen-bond donors (Lipinski definition) is 0. The summed E-state index contributed by atoms with van der Waals surface area (Å²) in [5.41, 5.74) is 1.52. The molecule has 2 aromatic carbocycles. The highest BCUT2D eigenvalue weighted by molar-refractivity contribution is 14.1. The second-order valence-corrected chi connectivity index (χ2v) is 5.07. The van der Waals surface area contributed by atoms with Gasteiger partial charge >= 0.3 is 5.97 Å². The van der Waals surface area contributed by atoms with Crippen molar-refractivity contribution in [2.24, 2.45) is 0 Å². The Bertz CT molecular complexity index is 567. The van der Waals surface area contributed by atoms with Crippen molar-refractivity contribution in [1.82, 2.24) is 0 Å². The fourth-order valence-electron chi connectivity index (χ4n) is 1.59. The van der Waals surface area contributed by atoms with E-state index in [4.69, 9.17) is 9.47 Å². The first-order valence-electron chi connectivity index (χ1n) is 5.75. The number of hydrogen-bond acceptors (Lipinski definition) is 3. The van der Waals surface area contributed by atoms with E-state index in [1.807, 2.05) is 30.3 Å². The molecule has 0 bridgehead atoms. The minimum atomic E-state index is -0.323. The second-order valence-electron chi connectivity index (χ2n) is 3.91. The topological polar surface area (TPSA) is 35.5 Å². The molecule has 0 aliphatic heterocycles. The Hall–Kier alpha value is -1.56. The Balaban J connectivity index is 2.04. The molecule has 19 heavy (non-hydrogen) atoms. The average Bonchev–Trinajstić information content (AvgIpc) is 2.45. The van der Waals surface area contributed by atoms with Gasteiger partial charge in [-0.15, -0.1) is 0 Å². The molecule has 0 fully saturated rings. The minimum absolute atomic E-state index is 0.280. The van der Waals surface area contributed by atoms with Gasteiger partial charge in [-0.1, -0.05) is 30.3 Å². The molecule has 2 aromatic rings. The largest absolute Gasteiger partial charge is 0.497 e. The highest BCUT2D eigenvalue weighted by atomic mass is 127. The zero-order valence-corrected chi connectivity index (χ0v) is 12.6. The zero-order valence-electron chi connectivity index (χ0n) is 10.4. The van der Waals surface area contributed by atoms with Crippen LogP contribution in [-0.2, 0) is 11.3 Å². The number of carbonyl (C=O) groups is 1. The van der Waals surface area contributed by atoms with Gasteiger partial charge in [-0.25, -0.2) is 4.79 Å². The third kappa shape index (κ3) is 3.70. The summed E-state index contributed by atoms with van der Waals surface area (Å²) >= 11 is 2.10. The van der Waals surface area contributed by atoms with E-state index in [1.165, 1.54) is 0 Å². The monoisotopic (exact) mass is 368 g/mol. The summed E-state index contributed by atoms with van der Waals surface area (Å²) in [6, 6.07) is 14.9. The van der Waals surface area contributed by atoms with E-state index in [0.29, 0.717) is 5.56 Å². The van der Waals surface area contributed by atoms with Crippen LogP contribution < -0.4 is 4.74 Å². The molecule has 0 atom stereocenters. The quantitative estimate of drug-likeness (QED) is 0.611. The molecule has 0 heterocycles. The van der Waals surface area contributed by atoms with E-state index < -0.39 is 0 Å². The van der Waals surface area contributed by atoms with E-state index in [0.717, 1.165) is 14.9 Å². The van der Waals surface area contributed by atoms with Crippen molar-refractivity contribution in [2.75, 3.05) is 7.11 Å². The Kier molecular flexibility index (Phi) is 4.79. The van der Waals surface area contributed by atoms with E-state index in [-0.39, 0.29) is 12.6 Å². The van der Waals surface area contributed by atoms with Gasteiger partial charge in [0.15, 0.2) is 0 Å². The van der Waals surface area contributed by atoms with E-state index in [9.17, 15) is 4.79 Å². The smallest absolute Gasteiger partial charge is 0.339 e. The van der Waals surface area contributed by atoms with Crippen LogP contribution >= 0.6 is 22.6 Å². The van der Waals surface area contributed by atoms with Crippen molar-refractivity contribution in [2.45, 2.75) is 6.61 Å². The Morgan fingerprint density at radius 2 is 1.89 bits per heavy atom. The summed E-state index contributed by atoms with van der Waals surface area (Å²) in [6.45, 7) is 0.280. The first kappa shape index (κ1) is 13.9. The highest BCUT2D eigenvalue weighted by Gasteiger charge is 2.12. The van der Waals surface area contributed by atoms with E-state index in [1.54, 1.807) is 25.3 Å². The van der Waals surface area contributed by atoms with E-state index in [2.05, 4.69) is 22.6 Å². The molecule has 0 radical (unpaired) electrons. The molecule has 0 aromatic heterocycles. The van der Waals surface area contributed by atoms with Gasteiger partial charge in [0.05, 0.1) is 12.7 Å². The van der Waals surface area contributed by atoms with Crippen molar-refractivity contribution < 1.29 is 14.3 Å². The molecule has 4 heteroatoms. The van der Waals surface area contributed by atoms with Crippen molar-refractivity contribution in [3.63, 3.8) is 0 Å². The summed E-state index contributed by atoms with van der Waals surface area (Å²) < 4.78 is 11.2. The van der Waals surface area contributed by atoms with Gasteiger partial charge in [0.25, 0.3) is 0 Å². The lowest BCUT2D eigenvalue weighted by Gasteiger charge is -2.07. The van der Waals surface area contributed by atoms with Crippen LogP contribution in [0.5, 0.6) is 5.75 Å². The number of methoxy groups -OCH3 is 1. The normalized spacial score (nSPS) is 10.0. The van der Waals surface area contributed by atoms with Crippen LogP contribution in [-0.4, -0.2) is 13.1 Å². The maximum absolute atomic E-state index is 12.0. The fraction of sp³-hybridized carbons (Fsp3) is 0.133. The molecular formula is C15H13IO3. The summed E-state index contributed by atoms with van der Waals surface area (Å²) in [5.74, 6) is 0.403. The molecule has 0 spiro atoms. The standard InChI is InChI=1S/C15H13IO3/c1-18-12-7-8-13(14(16)9-12)15(17)19-10-11-5-3-2-4-6-11/h2-9H,10H2,1H3. The molecule has 0 unspecified atom stereocenters.